The molecule has 18 heteroatoms. The van der Waals surface area contributed by atoms with Gasteiger partial charge in [-0.2, -0.15) is 0 Å². The number of carbonyl (C=O) groups excluding carboxylic acids is 2. The maximum atomic E-state index is 13.0. The van der Waals surface area contributed by atoms with Gasteiger partial charge in [0.25, 0.3) is 0 Å². The topological polar surface area (TPSA) is 224 Å². The van der Waals surface area contributed by atoms with E-state index >= 15 is 0 Å². The zero-order valence-corrected chi connectivity index (χ0v) is 39.4. The van der Waals surface area contributed by atoms with Crippen molar-refractivity contribution in [1.82, 2.24) is 0 Å². The zero-order chi connectivity index (χ0) is 50.0. The molecule has 0 aliphatic carbocycles. The van der Waals surface area contributed by atoms with E-state index in [2.05, 4.69) is 16.0 Å². The Morgan fingerprint density at radius 1 is 0.586 bits per heavy atom. The molecule has 16 nitrogen and oxygen atoms in total. The van der Waals surface area contributed by atoms with Crippen LogP contribution in [0.4, 0.5) is 11.4 Å². The molecule has 2 heterocycles. The van der Waals surface area contributed by atoms with Crippen molar-refractivity contribution in [2.75, 3.05) is 35.7 Å². The summed E-state index contributed by atoms with van der Waals surface area (Å²) in [5, 5.41) is 0.765. The van der Waals surface area contributed by atoms with Crippen LogP contribution in [0.15, 0.2) is 177 Å². The normalized spacial score (nSPS) is 11.2. The van der Waals surface area contributed by atoms with Gasteiger partial charge in [-0.25, -0.2) is 26.4 Å². The van der Waals surface area contributed by atoms with Crippen LogP contribution in [0, 0.1) is 0 Å². The molecule has 0 atom stereocenters. The van der Waals surface area contributed by atoms with Crippen molar-refractivity contribution in [3.63, 3.8) is 0 Å². The Morgan fingerprint density at radius 3 is 1.41 bits per heavy atom. The molecule has 6 aromatic carbocycles. The number of rotatable bonds is 16. The number of methoxy groups -OCH3 is 1. The standard InChI is InChI=1S/C27H23NO7S.C25H21NO7S/c1-3-13-33-27(30)20-6-4-5-18(14-20)16-34-22-11-12-23-25(15-22)35-17-24(26(23)29)19-7-9-21(10-8-19)28-36(2,31)32;1-31-25(28)18-5-3-4-16(12-18)14-32-20-10-11-21-23(13-20)33-15-22(24(21)27)17-6-8-19(9-7-17)26-34(2,29)30/h3-12,14-15,17,28H,1,13,16H2,2H3;3-13,15,26H,14H2,1-2H3. The maximum Gasteiger partial charge on any atom is 0.338 e. The maximum absolute atomic E-state index is 13.0. The van der Waals surface area contributed by atoms with E-state index in [-0.39, 0.29) is 30.7 Å². The number of carbonyl (C=O) groups is 2. The number of nitrogens with one attached hydrogen (secondary N) is 2. The minimum atomic E-state index is -3.39. The van der Waals surface area contributed by atoms with Crippen molar-refractivity contribution in [3.8, 4) is 33.8 Å². The second-order valence-corrected chi connectivity index (χ2v) is 19.0. The lowest BCUT2D eigenvalue weighted by atomic mass is 10.1. The minimum Gasteiger partial charge on any atom is -0.489 e. The van der Waals surface area contributed by atoms with Crippen molar-refractivity contribution in [1.29, 1.82) is 0 Å². The molecule has 0 aliphatic rings. The molecule has 0 aliphatic heterocycles. The highest BCUT2D eigenvalue weighted by Crippen LogP contribution is 2.27. The molecule has 8 aromatic rings. The lowest BCUT2D eigenvalue weighted by Crippen LogP contribution is -2.09. The van der Waals surface area contributed by atoms with Gasteiger partial charge in [0.2, 0.25) is 20.0 Å². The third-order valence-corrected chi connectivity index (χ3v) is 11.4. The Balaban J connectivity index is 0.000000207. The van der Waals surface area contributed by atoms with Crippen LogP contribution in [0.2, 0.25) is 0 Å². The smallest absolute Gasteiger partial charge is 0.338 e. The predicted molar refractivity (Wildman–Crippen MR) is 266 cm³/mol. The molecule has 70 heavy (non-hydrogen) atoms. The molecular formula is C52H44N2O14S2. The van der Waals surface area contributed by atoms with Crippen molar-refractivity contribution in [3.05, 3.63) is 201 Å². The molecule has 0 saturated carbocycles. The summed E-state index contributed by atoms with van der Waals surface area (Å²) in [6.07, 6.45) is 6.37. The number of benzene rings is 6. The van der Waals surface area contributed by atoms with E-state index in [1.54, 1.807) is 121 Å². The first-order chi connectivity index (χ1) is 33.5. The Kier molecular flexibility index (Phi) is 15.3. The number of esters is 2. The molecule has 2 N–H and O–H groups in total. The summed E-state index contributed by atoms with van der Waals surface area (Å²) in [5.41, 5.74) is 5.37. The van der Waals surface area contributed by atoms with Crippen LogP contribution in [-0.4, -0.2) is 55.0 Å². The summed E-state index contributed by atoms with van der Waals surface area (Å²) in [4.78, 5) is 49.8. The molecule has 0 unspecified atom stereocenters. The quantitative estimate of drug-likeness (QED) is 0.0681. The lowest BCUT2D eigenvalue weighted by Gasteiger charge is -2.09. The summed E-state index contributed by atoms with van der Waals surface area (Å²) in [5.74, 6) is 0.130. The summed E-state index contributed by atoms with van der Waals surface area (Å²) >= 11 is 0. The fraction of sp³-hybridized carbons (Fsp3) is 0.115. The molecule has 0 bridgehead atoms. The fourth-order valence-corrected chi connectivity index (χ4v) is 8.03. The molecule has 0 amide bonds. The van der Waals surface area contributed by atoms with E-state index in [4.69, 9.17) is 27.8 Å². The van der Waals surface area contributed by atoms with Crippen LogP contribution >= 0.6 is 0 Å². The summed E-state index contributed by atoms with van der Waals surface area (Å²) in [6, 6.07) is 36.6. The van der Waals surface area contributed by atoms with Gasteiger partial charge >= 0.3 is 11.9 Å². The summed E-state index contributed by atoms with van der Waals surface area (Å²) in [6.45, 7) is 4.07. The second-order valence-electron chi connectivity index (χ2n) is 15.5. The SMILES string of the molecule is C=CCOC(=O)c1cccc(COc2ccc3c(=O)c(-c4ccc(NS(C)(=O)=O)cc4)coc3c2)c1.COC(=O)c1cccc(COc2ccc3c(=O)c(-c4ccc(NS(C)(=O)=O)cc4)coc3c2)c1. The summed E-state index contributed by atoms with van der Waals surface area (Å²) in [7, 11) is -5.46. The fourth-order valence-electron chi connectivity index (χ4n) is 6.90. The van der Waals surface area contributed by atoms with Crippen molar-refractivity contribution in [2.45, 2.75) is 13.2 Å². The van der Waals surface area contributed by atoms with Gasteiger partial charge in [-0.05, 0) is 95.1 Å². The number of anilines is 2. The van der Waals surface area contributed by atoms with Crippen LogP contribution < -0.4 is 29.8 Å². The number of hydrogen-bond acceptors (Lipinski definition) is 14. The van der Waals surface area contributed by atoms with Gasteiger partial charge in [-0.1, -0.05) is 61.2 Å². The van der Waals surface area contributed by atoms with Crippen LogP contribution in [0.3, 0.4) is 0 Å². The van der Waals surface area contributed by atoms with E-state index in [1.165, 1.54) is 25.7 Å². The second kappa shape index (κ2) is 21.6. The first-order valence-electron chi connectivity index (χ1n) is 21.0. The molecule has 358 valence electrons. The van der Waals surface area contributed by atoms with Crippen molar-refractivity contribution >= 4 is 65.3 Å². The third-order valence-electron chi connectivity index (χ3n) is 10.1. The van der Waals surface area contributed by atoms with E-state index in [1.807, 2.05) is 12.1 Å². The monoisotopic (exact) mass is 984 g/mol. The van der Waals surface area contributed by atoms with E-state index in [0.717, 1.165) is 23.6 Å². The largest absolute Gasteiger partial charge is 0.489 e. The average Bonchev–Trinajstić information content (AvgIpc) is 3.34. The molecule has 0 fully saturated rings. The van der Waals surface area contributed by atoms with Crippen LogP contribution in [0.1, 0.15) is 31.8 Å². The molecule has 0 radical (unpaired) electrons. The van der Waals surface area contributed by atoms with Crippen LogP contribution in [0.5, 0.6) is 11.5 Å². The van der Waals surface area contributed by atoms with Crippen LogP contribution in [-0.2, 0) is 42.7 Å². The zero-order valence-electron chi connectivity index (χ0n) is 37.8. The molecule has 0 saturated heterocycles. The Morgan fingerprint density at radius 2 is 1.01 bits per heavy atom. The Hall–Kier alpha value is -8.48. The van der Waals surface area contributed by atoms with E-state index in [9.17, 15) is 36.0 Å². The van der Waals surface area contributed by atoms with E-state index < -0.39 is 32.0 Å². The highest BCUT2D eigenvalue weighted by Gasteiger charge is 2.14. The van der Waals surface area contributed by atoms with Gasteiger partial charge in [0, 0.05) is 23.5 Å². The number of ether oxygens (including phenoxy) is 4. The van der Waals surface area contributed by atoms with Crippen molar-refractivity contribution in [2.24, 2.45) is 0 Å². The number of fused-ring (bicyclic) bond motifs is 2. The molecule has 0 spiro atoms. The van der Waals surface area contributed by atoms with Gasteiger partial charge in [0.05, 0.1) is 52.6 Å². The molecule has 2 aromatic heterocycles. The lowest BCUT2D eigenvalue weighted by molar-refractivity contribution is 0.0548. The van der Waals surface area contributed by atoms with Gasteiger partial charge in [-0.15, -0.1) is 0 Å². The van der Waals surface area contributed by atoms with Gasteiger partial charge < -0.3 is 27.8 Å². The predicted octanol–water partition coefficient (Wildman–Crippen LogP) is 8.95. The third kappa shape index (κ3) is 12.9. The molecule has 8 rings (SSSR count). The van der Waals surface area contributed by atoms with Gasteiger partial charge in [-0.3, -0.25) is 19.0 Å². The highest BCUT2D eigenvalue weighted by molar-refractivity contribution is 7.92. The number of sulfonamides is 2. The van der Waals surface area contributed by atoms with E-state index in [0.29, 0.717) is 78.2 Å². The Bertz CT molecular complexity index is 3590. The first kappa shape index (κ1) is 49.4. The van der Waals surface area contributed by atoms with Crippen molar-refractivity contribution < 1.29 is 54.2 Å². The average molecular weight is 985 g/mol. The highest BCUT2D eigenvalue weighted by atomic mass is 32.2. The van der Waals surface area contributed by atoms with Gasteiger partial charge in [0.1, 0.15) is 55.0 Å². The number of hydrogen-bond donors (Lipinski definition) is 2. The summed E-state index contributed by atoms with van der Waals surface area (Å²) < 4.78 is 83.1. The Labute approximate surface area is 401 Å². The first-order valence-corrected chi connectivity index (χ1v) is 24.8. The molecular weight excluding hydrogens is 941 g/mol. The van der Waals surface area contributed by atoms with Gasteiger partial charge in [0.15, 0.2) is 10.9 Å². The minimum absolute atomic E-state index is 0.134. The van der Waals surface area contributed by atoms with Crippen LogP contribution in [0.25, 0.3) is 44.2 Å².